The summed E-state index contributed by atoms with van der Waals surface area (Å²) in [7, 11) is 0. The van der Waals surface area contributed by atoms with Gasteiger partial charge in [0, 0.05) is 23.0 Å². The Morgan fingerprint density at radius 1 is 1.07 bits per heavy atom. The Morgan fingerprint density at radius 3 is 2.77 bits per heavy atom. The number of aromatic nitrogens is 4. The monoisotopic (exact) mass is 579 g/mol. The van der Waals surface area contributed by atoms with Gasteiger partial charge in [-0.3, -0.25) is 4.79 Å². The lowest BCUT2D eigenvalue weighted by atomic mass is 10.1. The molecule has 2 aliphatic heterocycles. The molecule has 0 bridgehead atoms. The van der Waals surface area contributed by atoms with E-state index in [9.17, 15) is 4.79 Å². The Kier molecular flexibility index (Phi) is 8.10. The minimum atomic E-state index is -0.166. The number of fused-ring (bicyclic) bond motifs is 2. The molecule has 0 aliphatic carbocycles. The van der Waals surface area contributed by atoms with Crippen LogP contribution in [0.25, 0.3) is 21.9 Å². The van der Waals surface area contributed by atoms with Crippen molar-refractivity contribution in [3.8, 4) is 0 Å². The van der Waals surface area contributed by atoms with E-state index < -0.39 is 0 Å². The molecule has 0 radical (unpaired) electrons. The van der Waals surface area contributed by atoms with Gasteiger partial charge in [-0.05, 0) is 95.4 Å². The molecule has 0 unspecified atom stereocenters. The van der Waals surface area contributed by atoms with Gasteiger partial charge >= 0.3 is 0 Å². The molecule has 2 fully saturated rings. The van der Waals surface area contributed by atoms with Crippen LogP contribution in [0.3, 0.4) is 0 Å². The first kappa shape index (κ1) is 27.2. The second-order valence-electron chi connectivity index (χ2n) is 11.1. The number of halogens is 2. The van der Waals surface area contributed by atoms with E-state index >= 15 is 0 Å². The molecule has 4 heterocycles. The third-order valence-corrected chi connectivity index (χ3v) is 8.83. The number of H-pyrrole nitrogens is 1. The number of aromatic amines is 1. The fourth-order valence-electron chi connectivity index (χ4n) is 6.11. The number of carbonyl (C=O) groups excluding carboxylic acids is 1. The number of nitrogens with one attached hydrogen (secondary N) is 2. The van der Waals surface area contributed by atoms with Crippen molar-refractivity contribution in [1.29, 1.82) is 0 Å². The van der Waals surface area contributed by atoms with Gasteiger partial charge in [0.05, 0.1) is 33.2 Å². The zero-order chi connectivity index (χ0) is 27.6. The molecule has 210 valence electrons. The van der Waals surface area contributed by atoms with Crippen molar-refractivity contribution in [3.63, 3.8) is 0 Å². The van der Waals surface area contributed by atoms with E-state index in [1.807, 2.05) is 36.1 Å². The van der Waals surface area contributed by atoms with Crippen molar-refractivity contribution in [2.75, 3.05) is 31.5 Å². The largest absolute Gasteiger partial charge is 0.360 e. The molecule has 0 spiro atoms. The minimum absolute atomic E-state index is 0.00336. The maximum atomic E-state index is 13.7. The van der Waals surface area contributed by atoms with Gasteiger partial charge in [0.2, 0.25) is 0 Å². The average Bonchev–Trinajstić information content (AvgIpc) is 3.72. The Bertz CT molecular complexity index is 1520. The topological polar surface area (TPSA) is 90.0 Å². The fraction of sp³-hybridized carbons (Fsp3) is 0.467. The van der Waals surface area contributed by atoms with E-state index in [0.717, 1.165) is 54.5 Å². The maximum absolute atomic E-state index is 13.7. The van der Waals surface area contributed by atoms with Crippen LogP contribution in [0.4, 0.5) is 5.82 Å². The van der Waals surface area contributed by atoms with Gasteiger partial charge in [-0.2, -0.15) is 0 Å². The van der Waals surface area contributed by atoms with E-state index in [1.165, 1.54) is 45.2 Å². The van der Waals surface area contributed by atoms with E-state index in [1.54, 1.807) is 6.07 Å². The summed E-state index contributed by atoms with van der Waals surface area (Å²) in [6.07, 6.45) is 9.66. The van der Waals surface area contributed by atoms with Crippen LogP contribution >= 0.6 is 23.2 Å². The SMILES string of the molecule is C[C@@H](Nc1ncnc2cc(C(=O)N3CCC[C@@H]3CCCCN3CCCC3)c(Cl)cc12)c1nc2cc(Cl)ccc2[nH]1. The lowest BCUT2D eigenvalue weighted by molar-refractivity contribution is 0.0728. The molecule has 10 heteroatoms. The maximum Gasteiger partial charge on any atom is 0.255 e. The number of carbonyl (C=O) groups is 1. The number of hydrogen-bond donors (Lipinski definition) is 2. The second kappa shape index (κ2) is 11.9. The first-order chi connectivity index (χ1) is 19.5. The van der Waals surface area contributed by atoms with Crippen molar-refractivity contribution < 1.29 is 4.79 Å². The number of rotatable bonds is 9. The molecule has 6 rings (SSSR count). The number of benzene rings is 2. The molecule has 2 atom stereocenters. The lowest BCUT2D eigenvalue weighted by Crippen LogP contribution is -2.35. The molecule has 2 aliphatic rings. The van der Waals surface area contributed by atoms with Gasteiger partial charge in [0.1, 0.15) is 18.0 Å². The average molecular weight is 581 g/mol. The summed E-state index contributed by atoms with van der Waals surface area (Å²) in [5.74, 6) is 1.40. The minimum Gasteiger partial charge on any atom is -0.360 e. The summed E-state index contributed by atoms with van der Waals surface area (Å²) in [6, 6.07) is 9.31. The van der Waals surface area contributed by atoms with Gasteiger partial charge in [0.25, 0.3) is 5.91 Å². The predicted octanol–water partition coefficient (Wildman–Crippen LogP) is 6.86. The highest BCUT2D eigenvalue weighted by Gasteiger charge is 2.30. The molecular weight excluding hydrogens is 545 g/mol. The highest BCUT2D eigenvalue weighted by molar-refractivity contribution is 6.35. The van der Waals surface area contributed by atoms with Crippen LogP contribution in [-0.4, -0.2) is 67.9 Å². The zero-order valence-corrected chi connectivity index (χ0v) is 24.3. The van der Waals surface area contributed by atoms with Gasteiger partial charge in [-0.25, -0.2) is 15.0 Å². The Balaban J connectivity index is 1.16. The summed E-state index contributed by atoms with van der Waals surface area (Å²) in [6.45, 7) is 6.44. The normalized spacial score (nSPS) is 18.7. The van der Waals surface area contributed by atoms with Crippen LogP contribution in [-0.2, 0) is 0 Å². The summed E-state index contributed by atoms with van der Waals surface area (Å²) in [5, 5.41) is 5.25. The molecule has 8 nitrogen and oxygen atoms in total. The first-order valence-electron chi connectivity index (χ1n) is 14.4. The molecule has 2 saturated heterocycles. The fourth-order valence-corrected chi connectivity index (χ4v) is 6.52. The third kappa shape index (κ3) is 5.76. The van der Waals surface area contributed by atoms with Gasteiger partial charge in [0.15, 0.2) is 0 Å². The smallest absolute Gasteiger partial charge is 0.255 e. The zero-order valence-electron chi connectivity index (χ0n) is 22.8. The number of nitrogens with zero attached hydrogens (tertiary/aromatic N) is 5. The molecule has 2 aromatic carbocycles. The van der Waals surface area contributed by atoms with Crippen LogP contribution in [0.2, 0.25) is 10.0 Å². The lowest BCUT2D eigenvalue weighted by Gasteiger charge is -2.26. The molecule has 2 aromatic heterocycles. The summed E-state index contributed by atoms with van der Waals surface area (Å²) >= 11 is 12.9. The standard InChI is InChI=1S/C30H35Cl2N7O/c1-19(28-36-25-10-9-20(31)15-27(25)37-28)35-29-23-16-24(32)22(17-26(23)33-18-34-29)30(40)39-14-6-8-21(39)7-2-3-11-38-12-4-5-13-38/h9-10,15-19,21H,2-8,11-14H2,1H3,(H,36,37)(H,33,34,35)/t19-,21+/m1/s1. The summed E-state index contributed by atoms with van der Waals surface area (Å²) in [5.41, 5.74) is 2.90. The Hall–Kier alpha value is -2.94. The number of likely N-dealkylation sites (tertiary alicyclic amines) is 2. The number of hydrogen-bond acceptors (Lipinski definition) is 6. The number of anilines is 1. The third-order valence-electron chi connectivity index (χ3n) is 8.28. The van der Waals surface area contributed by atoms with Gasteiger partial charge in [-0.1, -0.05) is 29.6 Å². The van der Waals surface area contributed by atoms with E-state index in [2.05, 4.69) is 30.2 Å². The number of amides is 1. The highest BCUT2D eigenvalue weighted by Crippen LogP contribution is 2.32. The molecule has 0 saturated carbocycles. The number of unbranched alkanes of at least 4 members (excludes halogenated alkanes) is 1. The quantitative estimate of drug-likeness (QED) is 0.210. The Morgan fingerprint density at radius 2 is 1.93 bits per heavy atom. The first-order valence-corrected chi connectivity index (χ1v) is 15.1. The van der Waals surface area contributed by atoms with Crippen molar-refractivity contribution in [2.45, 2.75) is 64.0 Å². The molecule has 1 amide bonds. The van der Waals surface area contributed by atoms with Crippen LogP contribution < -0.4 is 5.32 Å². The van der Waals surface area contributed by atoms with Crippen molar-refractivity contribution >= 4 is 56.9 Å². The second-order valence-corrected chi connectivity index (χ2v) is 11.9. The van der Waals surface area contributed by atoms with Crippen molar-refractivity contribution in [1.82, 2.24) is 29.7 Å². The van der Waals surface area contributed by atoms with Crippen molar-refractivity contribution in [2.24, 2.45) is 0 Å². The van der Waals surface area contributed by atoms with Crippen LogP contribution in [0.5, 0.6) is 0 Å². The Labute approximate surface area is 244 Å². The van der Waals surface area contributed by atoms with E-state index in [-0.39, 0.29) is 18.0 Å². The van der Waals surface area contributed by atoms with Gasteiger partial charge in [-0.15, -0.1) is 0 Å². The molecule has 4 aromatic rings. The van der Waals surface area contributed by atoms with Crippen LogP contribution in [0.15, 0.2) is 36.7 Å². The van der Waals surface area contributed by atoms with E-state index in [0.29, 0.717) is 26.9 Å². The highest BCUT2D eigenvalue weighted by atomic mass is 35.5. The van der Waals surface area contributed by atoms with E-state index in [4.69, 9.17) is 23.2 Å². The summed E-state index contributed by atoms with van der Waals surface area (Å²) in [4.78, 5) is 35.2. The number of imidazole rings is 1. The molecular formula is C30H35Cl2N7O. The van der Waals surface area contributed by atoms with Crippen molar-refractivity contribution in [3.05, 3.63) is 58.1 Å². The molecule has 40 heavy (non-hydrogen) atoms. The van der Waals surface area contributed by atoms with Gasteiger partial charge < -0.3 is 20.1 Å². The summed E-state index contributed by atoms with van der Waals surface area (Å²) < 4.78 is 0. The molecule has 2 N–H and O–H groups in total. The van der Waals surface area contributed by atoms with Crippen LogP contribution in [0, 0.1) is 0 Å². The van der Waals surface area contributed by atoms with Crippen LogP contribution in [0.1, 0.15) is 74.1 Å². The predicted molar refractivity (Wildman–Crippen MR) is 161 cm³/mol.